The topological polar surface area (TPSA) is 103 Å². The summed E-state index contributed by atoms with van der Waals surface area (Å²) in [4.78, 5) is 23.0. The molecular formula is C31H51N9OS. The summed E-state index contributed by atoms with van der Waals surface area (Å²) in [6.07, 6.45) is 11.5. The van der Waals surface area contributed by atoms with E-state index in [1.54, 1.807) is 5.57 Å². The average molecular weight is 598 g/mol. The second-order valence-electron chi connectivity index (χ2n) is 10.3. The molecule has 0 aliphatic carbocycles. The van der Waals surface area contributed by atoms with Crippen LogP contribution in [-0.4, -0.2) is 83.6 Å². The standard InChI is InChI=1S/C20H28N8S.C7H14.C4H9NO/c1-3-28-17-10-16(5-4-14(17)11-24-28)25-20-22-12-18(19(26-20)23-13-29)27-8-6-15(21-2)7-9-27;1-4-7(5-2)6-3;1-5(2)3-4-6/h4-5,10-12,15,21,29H,3,6-9,13H2,1-2H3,(H2,22,23,25,26);4H,5-6H2,1-3H3;4H,3H2,1-2H3. The van der Waals surface area contributed by atoms with Gasteiger partial charge in [0.2, 0.25) is 5.95 Å². The third kappa shape index (κ3) is 10.9. The molecule has 1 fully saturated rings. The molecule has 0 atom stereocenters. The second kappa shape index (κ2) is 19.1. The maximum atomic E-state index is 9.57. The Labute approximate surface area is 257 Å². The first-order chi connectivity index (χ1) is 20.3. The summed E-state index contributed by atoms with van der Waals surface area (Å²) in [5, 5.41) is 15.5. The number of aryl methyl sites for hydroxylation is 1. The number of carbonyl (C=O) groups is 1. The predicted octanol–water partition coefficient (Wildman–Crippen LogP) is 5.58. The minimum absolute atomic E-state index is 0.512. The fourth-order valence-corrected chi connectivity index (χ4v) is 4.77. The maximum absolute atomic E-state index is 9.57. The molecule has 232 valence electrons. The largest absolute Gasteiger partial charge is 0.367 e. The molecule has 0 saturated carbocycles. The summed E-state index contributed by atoms with van der Waals surface area (Å²) in [5.41, 5.74) is 4.61. The number of hydrogen-bond acceptors (Lipinski definition) is 10. The van der Waals surface area contributed by atoms with E-state index in [-0.39, 0.29) is 0 Å². The monoisotopic (exact) mass is 597 g/mol. The van der Waals surface area contributed by atoms with Gasteiger partial charge < -0.3 is 30.5 Å². The molecule has 0 amide bonds. The van der Waals surface area contributed by atoms with Gasteiger partial charge in [-0.2, -0.15) is 22.7 Å². The highest BCUT2D eigenvalue weighted by molar-refractivity contribution is 7.80. The van der Waals surface area contributed by atoms with Crippen molar-refractivity contribution in [1.82, 2.24) is 30.0 Å². The van der Waals surface area contributed by atoms with E-state index in [4.69, 9.17) is 4.98 Å². The Morgan fingerprint density at radius 3 is 2.36 bits per heavy atom. The van der Waals surface area contributed by atoms with Crippen molar-refractivity contribution in [3.63, 3.8) is 0 Å². The van der Waals surface area contributed by atoms with Crippen LogP contribution in [0.2, 0.25) is 0 Å². The number of likely N-dealkylation sites (N-methyl/N-ethyl adjacent to an activating group) is 1. The summed E-state index contributed by atoms with van der Waals surface area (Å²) < 4.78 is 1.98. The van der Waals surface area contributed by atoms with Crippen LogP contribution in [0.3, 0.4) is 0 Å². The fourth-order valence-electron chi connectivity index (χ4n) is 4.62. The number of hydrogen-bond donors (Lipinski definition) is 4. The lowest BCUT2D eigenvalue weighted by Gasteiger charge is -2.34. The Balaban J connectivity index is 0.000000397. The van der Waals surface area contributed by atoms with E-state index in [0.717, 1.165) is 66.9 Å². The van der Waals surface area contributed by atoms with Crippen LogP contribution in [0.1, 0.15) is 53.4 Å². The Morgan fingerprint density at radius 1 is 1.14 bits per heavy atom. The van der Waals surface area contributed by atoms with Crippen molar-refractivity contribution in [2.75, 3.05) is 62.2 Å². The first kappa shape index (κ1) is 35.0. The zero-order valence-electron chi connectivity index (χ0n) is 26.5. The van der Waals surface area contributed by atoms with Gasteiger partial charge in [0.15, 0.2) is 5.82 Å². The van der Waals surface area contributed by atoms with Gasteiger partial charge in [0.25, 0.3) is 0 Å². The minimum Gasteiger partial charge on any atom is -0.367 e. The van der Waals surface area contributed by atoms with E-state index < -0.39 is 0 Å². The molecule has 10 nitrogen and oxygen atoms in total. The number of nitrogens with zero attached hydrogens (tertiary/aromatic N) is 6. The molecule has 42 heavy (non-hydrogen) atoms. The lowest BCUT2D eigenvalue weighted by atomic mass is 10.1. The minimum atomic E-state index is 0.512. The highest BCUT2D eigenvalue weighted by Gasteiger charge is 2.21. The van der Waals surface area contributed by atoms with E-state index >= 15 is 0 Å². The van der Waals surface area contributed by atoms with Gasteiger partial charge in [-0.3, -0.25) is 4.68 Å². The van der Waals surface area contributed by atoms with Crippen molar-refractivity contribution in [3.8, 4) is 0 Å². The SMILES string of the molecule is CC=C(CC)CC.CCn1ncc2ccc(Nc3ncc(N4CCC(NC)CC4)c(NCS)n3)cc21.CN(C)CC=O. The molecule has 11 heteroatoms. The van der Waals surface area contributed by atoms with E-state index in [9.17, 15) is 4.79 Å². The van der Waals surface area contributed by atoms with Crippen molar-refractivity contribution < 1.29 is 4.79 Å². The number of nitrogens with one attached hydrogen (secondary N) is 3. The number of benzene rings is 1. The number of thiol groups is 1. The molecule has 1 aromatic carbocycles. The van der Waals surface area contributed by atoms with Gasteiger partial charge in [-0.05, 0) is 78.9 Å². The molecule has 0 unspecified atom stereocenters. The Hall–Kier alpha value is -3.15. The smallest absolute Gasteiger partial charge is 0.229 e. The first-order valence-electron chi connectivity index (χ1n) is 14.9. The highest BCUT2D eigenvalue weighted by atomic mass is 32.1. The van der Waals surface area contributed by atoms with Crippen molar-refractivity contribution in [2.24, 2.45) is 0 Å². The molecule has 2 aromatic heterocycles. The van der Waals surface area contributed by atoms with Crippen LogP contribution in [-0.2, 0) is 11.3 Å². The van der Waals surface area contributed by atoms with E-state index in [1.807, 2.05) is 49.2 Å². The van der Waals surface area contributed by atoms with Crippen molar-refractivity contribution >= 4 is 53.0 Å². The number of anilines is 4. The van der Waals surface area contributed by atoms with Crippen LogP contribution in [0.15, 0.2) is 42.2 Å². The van der Waals surface area contributed by atoms with Gasteiger partial charge in [-0.15, -0.1) is 0 Å². The second-order valence-corrected chi connectivity index (χ2v) is 10.6. The zero-order valence-corrected chi connectivity index (χ0v) is 27.4. The number of aldehydes is 1. The molecule has 1 saturated heterocycles. The van der Waals surface area contributed by atoms with Crippen LogP contribution in [0.5, 0.6) is 0 Å². The third-order valence-corrected chi connectivity index (χ3v) is 7.37. The third-order valence-electron chi connectivity index (χ3n) is 7.22. The molecule has 0 bridgehead atoms. The Kier molecular flexibility index (Phi) is 16.0. The molecule has 4 rings (SSSR count). The summed E-state index contributed by atoms with van der Waals surface area (Å²) in [7, 11) is 5.74. The first-order valence-corrected chi connectivity index (χ1v) is 15.6. The Morgan fingerprint density at radius 2 is 1.86 bits per heavy atom. The molecule has 3 aromatic rings. The quantitative estimate of drug-likeness (QED) is 0.0977. The number of rotatable bonds is 11. The average Bonchev–Trinajstić information content (AvgIpc) is 3.41. The van der Waals surface area contributed by atoms with Crippen LogP contribution >= 0.6 is 12.6 Å². The van der Waals surface area contributed by atoms with Crippen molar-refractivity contribution in [2.45, 2.75) is 66.0 Å². The van der Waals surface area contributed by atoms with Crippen molar-refractivity contribution in [1.29, 1.82) is 0 Å². The maximum Gasteiger partial charge on any atom is 0.229 e. The van der Waals surface area contributed by atoms with Gasteiger partial charge in [-0.1, -0.05) is 25.5 Å². The number of carbonyl (C=O) groups excluding carboxylic acids is 1. The number of piperidine rings is 1. The van der Waals surface area contributed by atoms with Gasteiger partial charge in [0.1, 0.15) is 6.29 Å². The lowest BCUT2D eigenvalue weighted by molar-refractivity contribution is -0.108. The van der Waals surface area contributed by atoms with Gasteiger partial charge in [0.05, 0.1) is 36.0 Å². The summed E-state index contributed by atoms with van der Waals surface area (Å²) in [6.45, 7) is 11.9. The van der Waals surface area contributed by atoms with Crippen LogP contribution in [0.4, 0.5) is 23.1 Å². The molecule has 3 N–H and O–H groups in total. The van der Waals surface area contributed by atoms with E-state index in [0.29, 0.717) is 24.4 Å². The Bertz CT molecular complexity index is 1230. The molecule has 0 spiro atoms. The number of aromatic nitrogens is 4. The lowest BCUT2D eigenvalue weighted by Crippen LogP contribution is -2.41. The molecular weight excluding hydrogens is 546 g/mol. The summed E-state index contributed by atoms with van der Waals surface area (Å²) in [6, 6.07) is 6.75. The van der Waals surface area contributed by atoms with Crippen LogP contribution in [0, 0.1) is 0 Å². The van der Waals surface area contributed by atoms with Gasteiger partial charge in [0, 0.05) is 36.7 Å². The highest BCUT2D eigenvalue weighted by Crippen LogP contribution is 2.29. The fraction of sp³-hybridized carbons (Fsp3) is 0.548. The molecule has 1 aliphatic heterocycles. The van der Waals surface area contributed by atoms with Gasteiger partial charge >= 0.3 is 0 Å². The normalized spacial score (nSPS) is 13.1. The van der Waals surface area contributed by atoms with Crippen molar-refractivity contribution in [3.05, 3.63) is 42.2 Å². The van der Waals surface area contributed by atoms with Crippen LogP contribution < -0.4 is 20.9 Å². The zero-order chi connectivity index (χ0) is 30.9. The van der Waals surface area contributed by atoms with E-state index in [2.05, 4.69) is 89.5 Å². The molecule has 0 radical (unpaired) electrons. The summed E-state index contributed by atoms with van der Waals surface area (Å²) >= 11 is 4.33. The van der Waals surface area contributed by atoms with Crippen LogP contribution in [0.25, 0.3) is 10.9 Å². The molecule has 1 aliphatic rings. The molecule has 3 heterocycles. The summed E-state index contributed by atoms with van der Waals surface area (Å²) in [5.74, 6) is 1.88. The number of fused-ring (bicyclic) bond motifs is 1. The predicted molar refractivity (Wildman–Crippen MR) is 181 cm³/mol. The van der Waals surface area contributed by atoms with Gasteiger partial charge in [-0.25, -0.2) is 4.98 Å². The van der Waals surface area contributed by atoms with E-state index in [1.165, 1.54) is 12.8 Å². The number of allylic oxidation sites excluding steroid dienone is 2.